The first-order valence-corrected chi connectivity index (χ1v) is 14.1. The first-order chi connectivity index (χ1) is 16.3. The lowest BCUT2D eigenvalue weighted by molar-refractivity contribution is 0.587. The minimum absolute atomic E-state index is 0.556. The van der Waals surface area contributed by atoms with Crippen molar-refractivity contribution >= 4 is 41.1 Å². The molecule has 4 rings (SSSR count). The highest BCUT2D eigenvalue weighted by atomic mass is 32.1. The van der Waals surface area contributed by atoms with Crippen molar-refractivity contribution < 1.29 is 4.43 Å². The third-order valence-corrected chi connectivity index (χ3v) is 12.2. The van der Waals surface area contributed by atoms with Crippen molar-refractivity contribution in [2.24, 2.45) is 0 Å². The third kappa shape index (κ3) is 4.15. The number of hydrogen-bond acceptors (Lipinski definition) is 2. The van der Waals surface area contributed by atoms with E-state index in [1.807, 2.05) is 30.3 Å². The highest BCUT2D eigenvalue weighted by Crippen LogP contribution is 2.23. The second kappa shape index (κ2) is 9.69. The maximum atomic E-state index is 7.34. The second-order valence-electron chi connectivity index (χ2n) is 9.24. The molecule has 0 saturated carbocycles. The van der Waals surface area contributed by atoms with Crippen LogP contribution in [0, 0.1) is 41.5 Å². The van der Waals surface area contributed by atoms with E-state index >= 15 is 0 Å². The summed E-state index contributed by atoms with van der Waals surface area (Å²) in [6.45, 7) is 13.3. The van der Waals surface area contributed by atoms with E-state index in [1.54, 1.807) is 0 Å². The number of rotatable bonds is 5. The molecule has 0 aliphatic heterocycles. The average molecular weight is 481 g/mol. The van der Waals surface area contributed by atoms with Gasteiger partial charge in [-0.05, 0) is 103 Å². The van der Waals surface area contributed by atoms with Crippen LogP contribution in [-0.2, 0) is 4.43 Å². The van der Waals surface area contributed by atoms with Crippen molar-refractivity contribution in [1.29, 1.82) is 0 Å². The summed E-state index contributed by atoms with van der Waals surface area (Å²) in [5, 5.41) is 4.44. The molecular weight excluding hydrogens is 448 g/mol. The van der Waals surface area contributed by atoms with E-state index in [1.165, 1.54) is 48.9 Å². The molecule has 0 heterocycles. The molecule has 0 radical (unpaired) electrons. The Bertz CT molecular complexity index is 1170. The largest absolute Gasteiger partial charge is 0.522 e. The standard InChI is InChI=1S/C31H32OSSi/c1-21-13-10-14-22(2)28(21)34(29-23(3)15-11-16-24(29)4,30-25(5)17-12-18-26(30)6)32-31(33)27-19-8-7-9-20-27/h7-20H,1-6H3. The van der Waals surface area contributed by atoms with Crippen molar-refractivity contribution in [3.63, 3.8) is 0 Å². The lowest BCUT2D eigenvalue weighted by Gasteiger charge is -2.39. The summed E-state index contributed by atoms with van der Waals surface area (Å²) in [4.78, 5) is 0. The van der Waals surface area contributed by atoms with Gasteiger partial charge in [0.15, 0.2) is 5.05 Å². The van der Waals surface area contributed by atoms with Gasteiger partial charge in [-0.3, -0.25) is 0 Å². The molecule has 0 fully saturated rings. The van der Waals surface area contributed by atoms with Gasteiger partial charge in [0.05, 0.1) is 0 Å². The van der Waals surface area contributed by atoms with Crippen LogP contribution in [0.15, 0.2) is 84.9 Å². The fourth-order valence-corrected chi connectivity index (χ4v) is 11.2. The van der Waals surface area contributed by atoms with Gasteiger partial charge in [0.25, 0.3) is 0 Å². The summed E-state index contributed by atoms with van der Waals surface area (Å²) < 4.78 is 7.34. The van der Waals surface area contributed by atoms with Gasteiger partial charge in [0.2, 0.25) is 0 Å². The van der Waals surface area contributed by atoms with Crippen LogP contribution >= 0.6 is 12.2 Å². The highest BCUT2D eigenvalue weighted by molar-refractivity contribution is 7.80. The minimum atomic E-state index is -3.08. The Balaban J connectivity index is 2.20. The molecule has 0 saturated heterocycles. The van der Waals surface area contributed by atoms with E-state index in [0.29, 0.717) is 5.05 Å². The van der Waals surface area contributed by atoms with Gasteiger partial charge in [0, 0.05) is 5.56 Å². The minimum Gasteiger partial charge on any atom is -0.522 e. The molecule has 0 amide bonds. The number of thiocarbonyl (C=S) groups is 1. The smallest absolute Gasteiger partial charge is 0.349 e. The van der Waals surface area contributed by atoms with Crippen molar-refractivity contribution in [3.05, 3.63) is 124 Å². The summed E-state index contributed by atoms with van der Waals surface area (Å²) in [5.41, 5.74) is 8.40. The Kier molecular flexibility index (Phi) is 6.88. The number of benzene rings is 4. The topological polar surface area (TPSA) is 9.23 Å². The van der Waals surface area contributed by atoms with Crippen molar-refractivity contribution in [2.45, 2.75) is 41.5 Å². The van der Waals surface area contributed by atoms with E-state index in [-0.39, 0.29) is 0 Å². The number of hydrogen-bond donors (Lipinski definition) is 0. The van der Waals surface area contributed by atoms with Gasteiger partial charge >= 0.3 is 8.32 Å². The van der Waals surface area contributed by atoms with E-state index in [0.717, 1.165) is 5.56 Å². The zero-order valence-corrected chi connectivity index (χ0v) is 22.7. The number of aryl methyl sites for hydroxylation is 6. The van der Waals surface area contributed by atoms with Crippen LogP contribution in [0.1, 0.15) is 38.9 Å². The van der Waals surface area contributed by atoms with Gasteiger partial charge in [-0.2, -0.15) is 0 Å². The molecular formula is C31H32OSSi. The lowest BCUT2D eigenvalue weighted by Crippen LogP contribution is -2.73. The van der Waals surface area contributed by atoms with Gasteiger partial charge in [-0.15, -0.1) is 0 Å². The molecule has 0 atom stereocenters. The molecule has 0 unspecified atom stereocenters. The molecule has 0 N–H and O–H groups in total. The summed E-state index contributed by atoms with van der Waals surface area (Å²) in [6.07, 6.45) is 0. The summed E-state index contributed by atoms with van der Waals surface area (Å²) in [6, 6.07) is 29.8. The lowest BCUT2D eigenvalue weighted by atomic mass is 10.1. The van der Waals surface area contributed by atoms with Crippen LogP contribution in [0.2, 0.25) is 0 Å². The van der Waals surface area contributed by atoms with Gasteiger partial charge < -0.3 is 4.43 Å². The quantitative estimate of drug-likeness (QED) is 0.200. The van der Waals surface area contributed by atoms with Gasteiger partial charge in [-0.1, -0.05) is 84.9 Å². The predicted molar refractivity (Wildman–Crippen MR) is 152 cm³/mol. The normalized spacial score (nSPS) is 11.4. The molecule has 1 nitrogen and oxygen atoms in total. The molecule has 0 aliphatic carbocycles. The molecule has 4 aromatic carbocycles. The van der Waals surface area contributed by atoms with E-state index in [4.69, 9.17) is 16.6 Å². The Morgan fingerprint density at radius 3 is 1.15 bits per heavy atom. The fraction of sp³-hybridized carbons (Fsp3) is 0.194. The molecule has 172 valence electrons. The molecule has 0 spiro atoms. The maximum absolute atomic E-state index is 7.34. The molecule has 4 aromatic rings. The van der Waals surface area contributed by atoms with Crippen molar-refractivity contribution in [1.82, 2.24) is 0 Å². The maximum Gasteiger partial charge on any atom is 0.349 e. The average Bonchev–Trinajstić information content (AvgIpc) is 2.79. The Hall–Kier alpha value is -3.01. The molecule has 0 aromatic heterocycles. The first kappa shape index (κ1) is 24.1. The van der Waals surface area contributed by atoms with Gasteiger partial charge in [0.1, 0.15) is 0 Å². The van der Waals surface area contributed by atoms with Crippen LogP contribution in [0.5, 0.6) is 0 Å². The molecule has 0 bridgehead atoms. The Morgan fingerprint density at radius 2 is 0.824 bits per heavy atom. The molecule has 0 aliphatic rings. The monoisotopic (exact) mass is 480 g/mol. The second-order valence-corrected chi connectivity index (χ2v) is 12.7. The van der Waals surface area contributed by atoms with Crippen LogP contribution in [0.3, 0.4) is 0 Å². The van der Waals surface area contributed by atoms with E-state index in [2.05, 4.69) is 96.1 Å². The Labute approximate surface area is 210 Å². The van der Waals surface area contributed by atoms with Crippen LogP contribution in [-0.4, -0.2) is 13.4 Å². The SMILES string of the molecule is Cc1cccc(C)c1[Si](OC(=S)c1ccccc1)(c1c(C)cccc1C)c1c(C)cccc1C. The zero-order valence-electron chi connectivity index (χ0n) is 20.9. The van der Waals surface area contributed by atoms with E-state index in [9.17, 15) is 0 Å². The highest BCUT2D eigenvalue weighted by Gasteiger charge is 2.50. The van der Waals surface area contributed by atoms with E-state index < -0.39 is 8.32 Å². The van der Waals surface area contributed by atoms with Crippen molar-refractivity contribution in [2.75, 3.05) is 0 Å². The van der Waals surface area contributed by atoms with Crippen molar-refractivity contribution in [3.8, 4) is 0 Å². The Morgan fingerprint density at radius 1 is 0.500 bits per heavy atom. The molecule has 34 heavy (non-hydrogen) atoms. The third-order valence-electron chi connectivity index (χ3n) is 6.75. The molecule has 3 heteroatoms. The van der Waals surface area contributed by atoms with Crippen LogP contribution in [0.4, 0.5) is 0 Å². The summed E-state index contributed by atoms with van der Waals surface area (Å²) in [5.74, 6) is 0. The van der Waals surface area contributed by atoms with Crippen LogP contribution in [0.25, 0.3) is 0 Å². The zero-order chi connectivity index (χ0) is 24.5. The fourth-order valence-electron chi connectivity index (χ4n) is 5.41. The summed E-state index contributed by atoms with van der Waals surface area (Å²) in [7, 11) is -3.08. The van der Waals surface area contributed by atoms with Crippen LogP contribution < -0.4 is 15.6 Å². The summed E-state index contributed by atoms with van der Waals surface area (Å²) >= 11 is 6.04. The predicted octanol–water partition coefficient (Wildman–Crippen LogP) is 5.90. The first-order valence-electron chi connectivity index (χ1n) is 11.8. The van der Waals surface area contributed by atoms with Gasteiger partial charge in [-0.25, -0.2) is 0 Å².